The van der Waals surface area contributed by atoms with Gasteiger partial charge in [0.15, 0.2) is 0 Å². The number of carbonyl (C=O) groups is 1. The maximum Gasteiger partial charge on any atom is 0.513 e. The number of aryl methyl sites for hydroxylation is 1. The largest absolute Gasteiger partial charge is 0.513 e. The number of nitrogens with zero attached hydrogens (tertiary/aromatic N) is 1. The van der Waals surface area contributed by atoms with Gasteiger partial charge in [-0.05, 0) is 43.7 Å². The third kappa shape index (κ3) is 5.19. The zero-order valence-electron chi connectivity index (χ0n) is 14.3. The second-order valence-electron chi connectivity index (χ2n) is 5.30. The Morgan fingerprint density at radius 2 is 1.83 bits per heavy atom. The summed E-state index contributed by atoms with van der Waals surface area (Å²) in [6.45, 7) is 5.60. The van der Waals surface area contributed by atoms with E-state index in [1.54, 1.807) is 19.2 Å². The van der Waals surface area contributed by atoms with Gasteiger partial charge in [-0.1, -0.05) is 18.2 Å². The van der Waals surface area contributed by atoms with Crippen LogP contribution in [-0.4, -0.2) is 33.0 Å². The first-order chi connectivity index (χ1) is 11.6. The van der Waals surface area contributed by atoms with Gasteiger partial charge >= 0.3 is 6.16 Å². The van der Waals surface area contributed by atoms with E-state index < -0.39 is 6.16 Å². The van der Waals surface area contributed by atoms with Crippen molar-refractivity contribution in [1.82, 2.24) is 0 Å². The average molecular weight is 329 g/mol. The first-order valence-electron chi connectivity index (χ1n) is 7.92. The maximum atomic E-state index is 11.7. The number of rotatable bonds is 7. The lowest BCUT2D eigenvalue weighted by molar-refractivity contribution is 0.101. The number of benzene rings is 2. The summed E-state index contributed by atoms with van der Waals surface area (Å²) in [5.74, 6) is 1.28. The summed E-state index contributed by atoms with van der Waals surface area (Å²) in [7, 11) is 1.64. The zero-order valence-corrected chi connectivity index (χ0v) is 14.3. The van der Waals surface area contributed by atoms with Gasteiger partial charge in [-0.25, -0.2) is 4.79 Å². The minimum absolute atomic E-state index is 0.246. The lowest BCUT2D eigenvalue weighted by Crippen LogP contribution is -2.28. The molecule has 5 nitrogen and oxygen atoms in total. The van der Waals surface area contributed by atoms with E-state index in [-0.39, 0.29) is 6.61 Å². The minimum atomic E-state index is -0.692. The molecule has 0 atom stereocenters. The molecule has 24 heavy (non-hydrogen) atoms. The van der Waals surface area contributed by atoms with Gasteiger partial charge in [0.25, 0.3) is 0 Å². The number of hydrogen-bond donors (Lipinski definition) is 0. The van der Waals surface area contributed by atoms with Crippen molar-refractivity contribution in [2.45, 2.75) is 13.8 Å². The Morgan fingerprint density at radius 1 is 1.08 bits per heavy atom. The van der Waals surface area contributed by atoms with Crippen LogP contribution < -0.4 is 14.4 Å². The molecule has 2 aromatic rings. The Morgan fingerprint density at radius 3 is 2.54 bits per heavy atom. The molecule has 2 aromatic carbocycles. The van der Waals surface area contributed by atoms with Gasteiger partial charge in [-0.2, -0.15) is 0 Å². The number of hydrogen-bond acceptors (Lipinski definition) is 5. The summed E-state index contributed by atoms with van der Waals surface area (Å²) >= 11 is 0. The highest BCUT2D eigenvalue weighted by atomic mass is 16.7. The monoisotopic (exact) mass is 329 g/mol. The molecule has 0 unspecified atom stereocenters. The molecule has 0 saturated heterocycles. The predicted molar refractivity (Wildman–Crippen MR) is 94.0 cm³/mol. The summed E-state index contributed by atoms with van der Waals surface area (Å²) in [5.41, 5.74) is 2.04. The minimum Gasteiger partial charge on any atom is -0.497 e. The fourth-order valence-corrected chi connectivity index (χ4v) is 2.32. The molecule has 0 amide bonds. The van der Waals surface area contributed by atoms with E-state index in [1.807, 2.05) is 50.2 Å². The summed E-state index contributed by atoms with van der Waals surface area (Å²) in [6, 6.07) is 15.1. The molecule has 0 aliphatic rings. The van der Waals surface area contributed by atoms with E-state index in [1.165, 1.54) is 0 Å². The number of ether oxygens (including phenoxy) is 3. The lowest BCUT2D eigenvalue weighted by atomic mass is 10.2. The van der Waals surface area contributed by atoms with E-state index in [9.17, 15) is 4.79 Å². The van der Waals surface area contributed by atoms with Gasteiger partial charge < -0.3 is 19.1 Å². The molecule has 0 radical (unpaired) electrons. The van der Waals surface area contributed by atoms with Crippen molar-refractivity contribution in [1.29, 1.82) is 0 Å². The van der Waals surface area contributed by atoms with Crippen LogP contribution in [0.15, 0.2) is 48.5 Å². The van der Waals surface area contributed by atoms with Crippen molar-refractivity contribution in [3.05, 3.63) is 54.1 Å². The lowest BCUT2D eigenvalue weighted by Gasteiger charge is -2.23. The SMILES string of the molecule is CCN(CCOC(=O)Oc1cccc(C)c1)c1cccc(OC)c1. The van der Waals surface area contributed by atoms with E-state index >= 15 is 0 Å². The number of anilines is 1. The molecule has 0 aliphatic carbocycles. The van der Waals surface area contributed by atoms with Crippen LogP contribution >= 0.6 is 0 Å². The molecule has 0 spiro atoms. The van der Waals surface area contributed by atoms with Crippen LogP contribution in [0.25, 0.3) is 0 Å². The van der Waals surface area contributed by atoms with Gasteiger partial charge in [-0.15, -0.1) is 0 Å². The summed E-state index contributed by atoms with van der Waals surface area (Å²) in [5, 5.41) is 0. The highest BCUT2D eigenvalue weighted by Gasteiger charge is 2.09. The van der Waals surface area contributed by atoms with Crippen molar-refractivity contribution in [2.75, 3.05) is 31.7 Å². The fraction of sp³-hybridized carbons (Fsp3) is 0.316. The van der Waals surface area contributed by atoms with Gasteiger partial charge in [0, 0.05) is 18.3 Å². The highest BCUT2D eigenvalue weighted by molar-refractivity contribution is 5.64. The first kappa shape index (κ1) is 17.7. The maximum absolute atomic E-state index is 11.7. The summed E-state index contributed by atoms with van der Waals surface area (Å²) in [6.07, 6.45) is -0.692. The molecular formula is C19H23NO4. The molecule has 0 fully saturated rings. The molecule has 0 saturated carbocycles. The Balaban J connectivity index is 1.83. The van der Waals surface area contributed by atoms with Crippen molar-refractivity contribution >= 4 is 11.8 Å². The fourth-order valence-electron chi connectivity index (χ4n) is 2.32. The number of carbonyl (C=O) groups excluding carboxylic acids is 1. The Labute approximate surface area is 142 Å². The van der Waals surface area contributed by atoms with Crippen LogP contribution in [-0.2, 0) is 4.74 Å². The quantitative estimate of drug-likeness (QED) is 0.566. The van der Waals surface area contributed by atoms with Crippen molar-refractivity contribution in [2.24, 2.45) is 0 Å². The van der Waals surface area contributed by atoms with Crippen molar-refractivity contribution < 1.29 is 19.0 Å². The molecule has 0 bridgehead atoms. The van der Waals surface area contributed by atoms with E-state index in [4.69, 9.17) is 14.2 Å². The van der Waals surface area contributed by atoms with Crippen molar-refractivity contribution in [3.8, 4) is 11.5 Å². The number of methoxy groups -OCH3 is 1. The predicted octanol–water partition coefficient (Wildman–Crippen LogP) is 4.05. The zero-order chi connectivity index (χ0) is 17.4. The standard InChI is InChI=1S/C19H23NO4/c1-4-20(16-8-6-9-17(14-16)22-3)11-12-23-19(21)24-18-10-5-7-15(2)13-18/h5-10,13-14H,4,11-12H2,1-3H3. The molecule has 0 N–H and O–H groups in total. The summed E-state index contributed by atoms with van der Waals surface area (Å²) < 4.78 is 15.6. The highest BCUT2D eigenvalue weighted by Crippen LogP contribution is 2.20. The molecule has 2 rings (SSSR count). The Kier molecular flexibility index (Phi) is 6.49. The van der Waals surface area contributed by atoms with E-state index in [0.717, 1.165) is 23.5 Å². The number of likely N-dealkylation sites (N-methyl/N-ethyl adjacent to an activating group) is 1. The molecule has 0 heterocycles. The van der Waals surface area contributed by atoms with Crippen LogP contribution in [0.1, 0.15) is 12.5 Å². The molecule has 0 aliphatic heterocycles. The molecule has 128 valence electrons. The van der Waals surface area contributed by atoms with Gasteiger partial charge in [0.1, 0.15) is 18.1 Å². The van der Waals surface area contributed by atoms with Crippen LogP contribution in [0.5, 0.6) is 11.5 Å². The van der Waals surface area contributed by atoms with Crippen LogP contribution in [0.2, 0.25) is 0 Å². The third-order valence-electron chi connectivity index (χ3n) is 3.57. The molecule has 5 heteroatoms. The molecular weight excluding hydrogens is 306 g/mol. The van der Waals surface area contributed by atoms with Crippen LogP contribution in [0.3, 0.4) is 0 Å². The third-order valence-corrected chi connectivity index (χ3v) is 3.57. The van der Waals surface area contributed by atoms with Crippen molar-refractivity contribution in [3.63, 3.8) is 0 Å². The van der Waals surface area contributed by atoms with Crippen LogP contribution in [0.4, 0.5) is 10.5 Å². The van der Waals surface area contributed by atoms with Gasteiger partial charge in [0.2, 0.25) is 0 Å². The van der Waals surface area contributed by atoms with Gasteiger partial charge in [-0.3, -0.25) is 0 Å². The Hall–Kier alpha value is -2.69. The molecule has 0 aromatic heterocycles. The van der Waals surface area contributed by atoms with E-state index in [2.05, 4.69) is 4.90 Å². The second-order valence-corrected chi connectivity index (χ2v) is 5.30. The Bertz CT molecular complexity index is 672. The van der Waals surface area contributed by atoms with Crippen LogP contribution in [0, 0.1) is 6.92 Å². The summed E-state index contributed by atoms with van der Waals surface area (Å²) in [4.78, 5) is 13.8. The normalized spacial score (nSPS) is 10.1. The van der Waals surface area contributed by atoms with E-state index in [0.29, 0.717) is 12.3 Å². The van der Waals surface area contributed by atoms with Gasteiger partial charge in [0.05, 0.1) is 13.7 Å². The smallest absolute Gasteiger partial charge is 0.497 e. The second kappa shape index (κ2) is 8.82. The topological polar surface area (TPSA) is 48.0 Å². The first-order valence-corrected chi connectivity index (χ1v) is 7.92. The average Bonchev–Trinajstić information content (AvgIpc) is 2.59.